The third-order valence-electron chi connectivity index (χ3n) is 3.86. The molecule has 2 aromatic heterocycles. The number of benzene rings is 2. The minimum Gasteiger partial charge on any atom is -0.454 e. The molecule has 0 unspecified atom stereocenters. The van der Waals surface area contributed by atoms with Crippen molar-refractivity contribution in [1.82, 2.24) is 15.2 Å². The standard InChI is InChI=1S/C19H14FN3O/c1-2-14-15-6-8-21-18(15)11-16(20)19(14)24-13-5-3-4-12(10-13)17-7-9-22-23-17/h2-11,21H,1H2,(H,22,23). The number of fused-ring (bicyclic) bond motifs is 1. The summed E-state index contributed by atoms with van der Waals surface area (Å²) in [6.45, 7) is 3.79. The van der Waals surface area contributed by atoms with Crippen molar-refractivity contribution in [2.75, 3.05) is 0 Å². The first-order valence-electron chi connectivity index (χ1n) is 7.46. The molecule has 0 amide bonds. The molecular weight excluding hydrogens is 305 g/mol. The Morgan fingerprint density at radius 2 is 2.04 bits per heavy atom. The second-order valence-corrected chi connectivity index (χ2v) is 5.33. The highest BCUT2D eigenvalue weighted by Gasteiger charge is 2.15. The van der Waals surface area contributed by atoms with Gasteiger partial charge in [-0.15, -0.1) is 0 Å². The van der Waals surface area contributed by atoms with E-state index in [2.05, 4.69) is 21.8 Å². The van der Waals surface area contributed by atoms with Gasteiger partial charge in [0, 0.05) is 40.5 Å². The fourth-order valence-electron chi connectivity index (χ4n) is 2.74. The smallest absolute Gasteiger partial charge is 0.170 e. The van der Waals surface area contributed by atoms with Crippen LogP contribution in [0.4, 0.5) is 4.39 Å². The van der Waals surface area contributed by atoms with Gasteiger partial charge >= 0.3 is 0 Å². The van der Waals surface area contributed by atoms with Crippen LogP contribution in [-0.4, -0.2) is 15.2 Å². The van der Waals surface area contributed by atoms with Crippen molar-refractivity contribution in [2.45, 2.75) is 0 Å². The summed E-state index contributed by atoms with van der Waals surface area (Å²) in [5.74, 6) is 0.258. The van der Waals surface area contributed by atoms with Crippen molar-refractivity contribution in [3.8, 4) is 22.8 Å². The maximum absolute atomic E-state index is 14.5. The maximum atomic E-state index is 14.5. The molecule has 0 fully saturated rings. The normalized spacial score (nSPS) is 10.9. The molecule has 0 saturated heterocycles. The topological polar surface area (TPSA) is 53.7 Å². The molecule has 0 spiro atoms. The summed E-state index contributed by atoms with van der Waals surface area (Å²) >= 11 is 0. The minimum atomic E-state index is -0.440. The molecule has 0 aliphatic carbocycles. The SMILES string of the molecule is C=Cc1c(Oc2cccc(-c3cc[nH]n3)c2)c(F)cc2[nH]ccc12. The Kier molecular flexibility index (Phi) is 3.39. The molecule has 0 aliphatic heterocycles. The number of rotatable bonds is 4. The van der Waals surface area contributed by atoms with Crippen molar-refractivity contribution in [1.29, 1.82) is 0 Å². The van der Waals surface area contributed by atoms with Gasteiger partial charge in [0.2, 0.25) is 0 Å². The Hall–Kier alpha value is -3.34. The monoisotopic (exact) mass is 319 g/mol. The fraction of sp³-hybridized carbons (Fsp3) is 0. The second-order valence-electron chi connectivity index (χ2n) is 5.33. The van der Waals surface area contributed by atoms with Crippen LogP contribution in [0.1, 0.15) is 5.56 Å². The molecule has 4 aromatic rings. The van der Waals surface area contributed by atoms with Gasteiger partial charge in [0.1, 0.15) is 5.75 Å². The van der Waals surface area contributed by atoms with E-state index < -0.39 is 5.82 Å². The van der Waals surface area contributed by atoms with Crippen LogP contribution < -0.4 is 4.74 Å². The highest BCUT2D eigenvalue weighted by atomic mass is 19.1. The van der Waals surface area contributed by atoms with Gasteiger partial charge in [-0.25, -0.2) is 4.39 Å². The van der Waals surface area contributed by atoms with Crippen LogP contribution in [0.3, 0.4) is 0 Å². The molecular formula is C19H14FN3O. The van der Waals surface area contributed by atoms with Crippen molar-refractivity contribution in [3.63, 3.8) is 0 Å². The highest BCUT2D eigenvalue weighted by Crippen LogP contribution is 2.35. The zero-order chi connectivity index (χ0) is 16.5. The van der Waals surface area contributed by atoms with Gasteiger partial charge in [-0.3, -0.25) is 5.10 Å². The fourth-order valence-corrected chi connectivity index (χ4v) is 2.74. The summed E-state index contributed by atoms with van der Waals surface area (Å²) < 4.78 is 20.3. The van der Waals surface area contributed by atoms with Crippen LogP contribution in [0.2, 0.25) is 0 Å². The lowest BCUT2D eigenvalue weighted by Gasteiger charge is -2.12. The van der Waals surface area contributed by atoms with Gasteiger partial charge < -0.3 is 9.72 Å². The summed E-state index contributed by atoms with van der Waals surface area (Å²) in [6, 6.07) is 12.5. The van der Waals surface area contributed by atoms with Crippen LogP contribution in [0.25, 0.3) is 28.2 Å². The van der Waals surface area contributed by atoms with Gasteiger partial charge in [0.25, 0.3) is 0 Å². The molecule has 5 heteroatoms. The van der Waals surface area contributed by atoms with Crippen LogP contribution in [-0.2, 0) is 0 Å². The van der Waals surface area contributed by atoms with E-state index in [1.807, 2.05) is 30.3 Å². The first-order chi connectivity index (χ1) is 11.8. The Morgan fingerprint density at radius 1 is 1.12 bits per heavy atom. The minimum absolute atomic E-state index is 0.163. The lowest BCUT2D eigenvalue weighted by molar-refractivity contribution is 0.442. The molecule has 2 aromatic carbocycles. The summed E-state index contributed by atoms with van der Waals surface area (Å²) in [5, 5.41) is 7.78. The van der Waals surface area contributed by atoms with E-state index in [1.54, 1.807) is 24.5 Å². The number of H-pyrrole nitrogens is 2. The Labute approximate surface area is 137 Å². The molecule has 0 bridgehead atoms. The van der Waals surface area contributed by atoms with Crippen molar-refractivity contribution < 1.29 is 9.13 Å². The summed E-state index contributed by atoms with van der Waals surface area (Å²) in [4.78, 5) is 3.00. The summed E-state index contributed by atoms with van der Waals surface area (Å²) in [5.41, 5.74) is 3.01. The quantitative estimate of drug-likeness (QED) is 0.547. The lowest BCUT2D eigenvalue weighted by atomic mass is 10.1. The van der Waals surface area contributed by atoms with E-state index >= 15 is 0 Å². The number of hydrogen-bond donors (Lipinski definition) is 2. The van der Waals surface area contributed by atoms with E-state index in [4.69, 9.17) is 4.74 Å². The van der Waals surface area contributed by atoms with Crippen LogP contribution in [0.15, 0.2) is 61.4 Å². The Balaban J connectivity index is 1.78. The molecule has 4 nitrogen and oxygen atoms in total. The van der Waals surface area contributed by atoms with E-state index in [0.717, 1.165) is 16.6 Å². The van der Waals surface area contributed by atoms with Crippen LogP contribution in [0, 0.1) is 5.82 Å². The molecule has 0 radical (unpaired) electrons. The number of halogens is 1. The predicted octanol–water partition coefficient (Wildman–Crippen LogP) is 5.13. The molecule has 2 N–H and O–H groups in total. The third kappa shape index (κ3) is 2.36. The molecule has 0 atom stereocenters. The zero-order valence-corrected chi connectivity index (χ0v) is 12.7. The number of nitrogens with one attached hydrogen (secondary N) is 2. The van der Waals surface area contributed by atoms with E-state index in [-0.39, 0.29) is 5.75 Å². The van der Waals surface area contributed by atoms with Crippen molar-refractivity contribution in [2.24, 2.45) is 0 Å². The second kappa shape index (κ2) is 5.70. The first kappa shape index (κ1) is 14.3. The van der Waals surface area contributed by atoms with Gasteiger partial charge in [-0.2, -0.15) is 5.10 Å². The Morgan fingerprint density at radius 3 is 2.83 bits per heavy atom. The van der Waals surface area contributed by atoms with Crippen molar-refractivity contribution in [3.05, 3.63) is 72.8 Å². The van der Waals surface area contributed by atoms with E-state index in [0.29, 0.717) is 16.8 Å². The van der Waals surface area contributed by atoms with E-state index in [1.165, 1.54) is 6.07 Å². The number of ether oxygens (including phenoxy) is 1. The van der Waals surface area contributed by atoms with Gasteiger partial charge in [-0.1, -0.05) is 24.8 Å². The number of aromatic amines is 2. The third-order valence-corrected chi connectivity index (χ3v) is 3.86. The first-order valence-corrected chi connectivity index (χ1v) is 7.46. The maximum Gasteiger partial charge on any atom is 0.170 e. The largest absolute Gasteiger partial charge is 0.454 e. The highest BCUT2D eigenvalue weighted by molar-refractivity contribution is 5.91. The number of aromatic nitrogens is 3. The van der Waals surface area contributed by atoms with Crippen LogP contribution in [0.5, 0.6) is 11.5 Å². The predicted molar refractivity (Wildman–Crippen MR) is 92.4 cm³/mol. The van der Waals surface area contributed by atoms with Gasteiger partial charge in [0.15, 0.2) is 11.6 Å². The number of nitrogens with zero attached hydrogens (tertiary/aromatic N) is 1. The molecule has 24 heavy (non-hydrogen) atoms. The zero-order valence-electron chi connectivity index (χ0n) is 12.7. The average molecular weight is 319 g/mol. The Bertz CT molecular complexity index is 1020. The number of hydrogen-bond acceptors (Lipinski definition) is 2. The van der Waals surface area contributed by atoms with Crippen molar-refractivity contribution >= 4 is 17.0 Å². The summed E-state index contributed by atoms with van der Waals surface area (Å²) in [6.07, 6.45) is 5.11. The lowest BCUT2D eigenvalue weighted by Crippen LogP contribution is -1.93. The molecule has 2 heterocycles. The van der Waals surface area contributed by atoms with Gasteiger partial charge in [0.05, 0.1) is 5.69 Å². The van der Waals surface area contributed by atoms with Crippen LogP contribution >= 0.6 is 0 Å². The average Bonchev–Trinajstić information content (AvgIpc) is 3.27. The van der Waals surface area contributed by atoms with E-state index in [9.17, 15) is 4.39 Å². The molecule has 4 rings (SSSR count). The molecule has 0 saturated carbocycles. The molecule has 0 aliphatic rings. The molecule has 118 valence electrons. The summed E-state index contributed by atoms with van der Waals surface area (Å²) in [7, 11) is 0. The van der Waals surface area contributed by atoms with Gasteiger partial charge in [-0.05, 0) is 24.3 Å².